The Bertz CT molecular complexity index is 2600. The van der Waals surface area contributed by atoms with E-state index in [-0.39, 0.29) is 25.7 Å². The van der Waals surface area contributed by atoms with Gasteiger partial charge in [-0.3, -0.25) is 37.3 Å². The van der Waals surface area contributed by atoms with Gasteiger partial charge in [0.2, 0.25) is 0 Å². The molecule has 5 atom stereocenters. The minimum atomic E-state index is -5.00. The monoisotopic (exact) mass is 1460 g/mol. The average Bonchev–Trinajstić information content (AvgIpc) is 0.926. The molecule has 0 amide bonds. The fourth-order valence-corrected chi connectivity index (χ4v) is 11.0. The maximum Gasteiger partial charge on any atom is 0.472 e. The Balaban J connectivity index is 5.46. The van der Waals surface area contributed by atoms with Crippen LogP contribution in [0.15, 0.2) is 170 Å². The second kappa shape index (κ2) is 73.7. The molecule has 0 saturated carbocycles. The molecule has 0 fully saturated rings. The zero-order valence-electron chi connectivity index (χ0n) is 63.0. The number of rotatable bonds is 70. The minimum absolute atomic E-state index is 0.0270. The Morgan fingerprint density at radius 2 is 0.480 bits per heavy atom. The summed E-state index contributed by atoms with van der Waals surface area (Å²) < 4.78 is 68.4. The summed E-state index contributed by atoms with van der Waals surface area (Å²) in [6.45, 7) is 4.27. The van der Waals surface area contributed by atoms with Crippen LogP contribution in [0.2, 0.25) is 0 Å². The van der Waals surface area contributed by atoms with E-state index in [1.54, 1.807) is 0 Å². The number of allylic oxidation sites excluding steroid dienone is 28. The van der Waals surface area contributed by atoms with E-state index < -0.39 is 97.5 Å². The van der Waals surface area contributed by atoms with Gasteiger partial charge in [-0.15, -0.1) is 0 Å². The summed E-state index contributed by atoms with van der Waals surface area (Å²) in [7, 11) is -10.0. The predicted octanol–water partition coefficient (Wildman–Crippen LogP) is 22.2. The molecule has 0 aromatic carbocycles. The maximum atomic E-state index is 13.1. The van der Waals surface area contributed by atoms with Crippen LogP contribution in [-0.2, 0) is 65.4 Å². The van der Waals surface area contributed by atoms with E-state index in [4.69, 9.17) is 37.0 Å². The third-order valence-electron chi connectivity index (χ3n) is 15.2. The van der Waals surface area contributed by atoms with Crippen molar-refractivity contribution in [2.75, 3.05) is 39.6 Å². The maximum absolute atomic E-state index is 13.1. The molecule has 0 aliphatic rings. The molecule has 0 heterocycles. The van der Waals surface area contributed by atoms with E-state index in [1.165, 1.54) is 0 Å². The first kappa shape index (κ1) is 96.4. The number of aliphatic hydroxyl groups excluding tert-OH is 1. The van der Waals surface area contributed by atoms with Crippen molar-refractivity contribution in [3.8, 4) is 0 Å². The van der Waals surface area contributed by atoms with Gasteiger partial charge < -0.3 is 33.8 Å². The van der Waals surface area contributed by atoms with E-state index >= 15 is 0 Å². The van der Waals surface area contributed by atoms with E-state index in [2.05, 4.69) is 198 Å². The molecule has 0 spiro atoms. The Kier molecular flexibility index (Phi) is 69.7. The first-order chi connectivity index (χ1) is 49.7. The van der Waals surface area contributed by atoms with E-state index in [9.17, 15) is 43.2 Å². The third-order valence-corrected chi connectivity index (χ3v) is 17.1. The lowest BCUT2D eigenvalue weighted by atomic mass is 10.1. The number of phosphoric acid groups is 2. The molecule has 5 unspecified atom stereocenters. The van der Waals surface area contributed by atoms with Gasteiger partial charge in [0.25, 0.3) is 0 Å². The van der Waals surface area contributed by atoms with Gasteiger partial charge >= 0.3 is 39.5 Å². The highest BCUT2D eigenvalue weighted by atomic mass is 31.2. The summed E-state index contributed by atoms with van der Waals surface area (Å²) in [4.78, 5) is 72.9. The number of esters is 4. The van der Waals surface area contributed by atoms with Gasteiger partial charge in [-0.1, -0.05) is 249 Å². The molecular weight excluding hydrogens is 1330 g/mol. The lowest BCUT2D eigenvalue weighted by Crippen LogP contribution is -2.30. The molecule has 0 rings (SSSR count). The zero-order valence-corrected chi connectivity index (χ0v) is 64.8. The van der Waals surface area contributed by atoms with Crippen LogP contribution in [0.4, 0.5) is 0 Å². The Labute approximate surface area is 616 Å². The largest absolute Gasteiger partial charge is 0.472 e. The van der Waals surface area contributed by atoms with Crippen LogP contribution in [-0.4, -0.2) is 96.7 Å². The third kappa shape index (κ3) is 72.8. The van der Waals surface area contributed by atoms with Gasteiger partial charge in [0.1, 0.15) is 19.3 Å². The zero-order chi connectivity index (χ0) is 74.6. The normalized spacial score (nSPS) is 14.9. The Hall–Kier alpha value is -5.58. The molecule has 0 bridgehead atoms. The van der Waals surface area contributed by atoms with Crippen molar-refractivity contribution in [1.29, 1.82) is 0 Å². The van der Waals surface area contributed by atoms with Crippen molar-refractivity contribution in [3.63, 3.8) is 0 Å². The van der Waals surface area contributed by atoms with Crippen LogP contribution < -0.4 is 0 Å². The van der Waals surface area contributed by atoms with E-state index in [0.717, 1.165) is 186 Å². The van der Waals surface area contributed by atoms with Crippen molar-refractivity contribution in [2.24, 2.45) is 0 Å². The number of hydrogen-bond acceptors (Lipinski definition) is 15. The SMILES string of the molecule is CC/C=C\C/C=C\C/C=C\C/C=C\CCCCC(=O)OCC(COP(=O)(O)OCC(O)COP(=O)(O)OCC(COC(=O)CCCCCCCCC/C=C\C/C=C\C/C=C\CC)OC(=O)CCCCCCC/C=C\C/C=C\C/C=C\CC)OC(=O)CCCC/C=C\C/C=C\C/C=C\C/C=C\CC. The first-order valence-corrected chi connectivity index (χ1v) is 41.4. The smallest absolute Gasteiger partial charge is 0.462 e. The highest BCUT2D eigenvalue weighted by molar-refractivity contribution is 7.47. The van der Waals surface area contributed by atoms with E-state index in [0.29, 0.717) is 32.1 Å². The number of ether oxygens (including phenoxy) is 4. The van der Waals surface area contributed by atoms with Gasteiger partial charge in [0.15, 0.2) is 12.2 Å². The van der Waals surface area contributed by atoms with E-state index in [1.807, 2.05) is 0 Å². The number of carbonyl (C=O) groups is 4. The standard InChI is InChI=1S/C83H134O17P2/c1-5-9-13-17-21-25-29-33-37-38-42-44-48-52-56-60-64-68-81(86)94-74-79(100-83(88)70-66-62-58-54-50-46-41-36-32-28-24-20-16-12-8-4)76-98-102(91,92)96-72-77(84)71-95-101(89,90)97-75-78(99-82(87)69-65-61-57-53-49-45-40-35-31-27-23-19-15-11-7-3)73-93-80(85)67-63-59-55-51-47-43-39-34-30-26-22-18-14-10-6-2/h9-16,21-28,33-37,39-41,47,49,51,53,77-79,84H,5-8,17-20,29-32,38,42-46,48,50,52,54-76H2,1-4H3,(H,89,90)(H,91,92)/b13-9-,14-10-,15-11-,16-12-,25-21-,26-22-,27-23-,28-24-,37-33-,39-34-,40-35-,41-36-,51-47-,53-49-. The van der Waals surface area contributed by atoms with Gasteiger partial charge in [-0.2, -0.15) is 0 Å². The van der Waals surface area contributed by atoms with Gasteiger partial charge in [0.05, 0.1) is 26.4 Å². The average molecular weight is 1470 g/mol. The van der Waals surface area contributed by atoms with Gasteiger partial charge in [-0.05, 0) is 167 Å². The molecule has 0 aromatic rings. The molecule has 0 radical (unpaired) electrons. The number of carbonyl (C=O) groups excluding carboxylic acids is 4. The van der Waals surface area contributed by atoms with Crippen molar-refractivity contribution >= 4 is 39.5 Å². The van der Waals surface area contributed by atoms with Crippen molar-refractivity contribution < 1.29 is 80.2 Å². The molecule has 19 heteroatoms. The lowest BCUT2D eigenvalue weighted by molar-refractivity contribution is -0.161. The summed E-state index contributed by atoms with van der Waals surface area (Å²) in [6, 6.07) is 0. The molecule has 102 heavy (non-hydrogen) atoms. The number of hydrogen-bond donors (Lipinski definition) is 3. The van der Waals surface area contributed by atoms with Crippen LogP contribution >= 0.6 is 15.6 Å². The number of unbranched alkanes of at least 4 members (excludes halogenated alkanes) is 16. The quantitative estimate of drug-likeness (QED) is 0.0169. The molecule has 0 saturated heterocycles. The predicted molar refractivity (Wildman–Crippen MR) is 417 cm³/mol. The second-order valence-corrected chi connectivity index (χ2v) is 27.7. The Morgan fingerprint density at radius 3 is 0.755 bits per heavy atom. The highest BCUT2D eigenvalue weighted by Gasteiger charge is 2.30. The van der Waals surface area contributed by atoms with Crippen LogP contribution in [0, 0.1) is 0 Å². The molecule has 0 aliphatic carbocycles. The fraction of sp³-hybridized carbons (Fsp3) is 0.614. The summed E-state index contributed by atoms with van der Waals surface area (Å²) in [5.41, 5.74) is 0. The van der Waals surface area contributed by atoms with Crippen LogP contribution in [0.1, 0.15) is 272 Å². The highest BCUT2D eigenvalue weighted by Crippen LogP contribution is 2.45. The molecule has 0 aromatic heterocycles. The minimum Gasteiger partial charge on any atom is -0.462 e. The summed E-state index contributed by atoms with van der Waals surface area (Å²) in [5, 5.41) is 10.6. The van der Waals surface area contributed by atoms with Crippen LogP contribution in [0.3, 0.4) is 0 Å². The summed E-state index contributed by atoms with van der Waals surface area (Å²) in [6.07, 6.45) is 86.4. The first-order valence-electron chi connectivity index (χ1n) is 38.4. The van der Waals surface area contributed by atoms with Crippen molar-refractivity contribution in [3.05, 3.63) is 170 Å². The van der Waals surface area contributed by atoms with Gasteiger partial charge in [0, 0.05) is 25.7 Å². The van der Waals surface area contributed by atoms with Crippen LogP contribution in [0.25, 0.3) is 0 Å². The summed E-state index contributed by atoms with van der Waals surface area (Å²) in [5.74, 6) is -2.32. The van der Waals surface area contributed by atoms with Crippen LogP contribution in [0.5, 0.6) is 0 Å². The second-order valence-electron chi connectivity index (χ2n) is 24.8. The topological polar surface area (TPSA) is 237 Å². The summed E-state index contributed by atoms with van der Waals surface area (Å²) >= 11 is 0. The molecule has 0 aliphatic heterocycles. The lowest BCUT2D eigenvalue weighted by Gasteiger charge is -2.21. The molecule has 3 N–H and O–H groups in total. The molecule has 578 valence electrons. The molecular formula is C83H134O17P2. The molecule has 17 nitrogen and oxygen atoms in total. The Morgan fingerprint density at radius 1 is 0.275 bits per heavy atom. The number of phosphoric ester groups is 2. The number of aliphatic hydroxyl groups is 1. The van der Waals surface area contributed by atoms with Crippen molar-refractivity contribution in [2.45, 2.75) is 290 Å². The van der Waals surface area contributed by atoms with Gasteiger partial charge in [-0.25, -0.2) is 9.13 Å². The fourth-order valence-electron chi connectivity index (χ4n) is 9.46. The van der Waals surface area contributed by atoms with Crippen molar-refractivity contribution in [1.82, 2.24) is 0 Å².